The SMILES string of the molecule is COc1ccc(Br)c(C2C(N)CC(=O)N2C)c1. The Balaban J connectivity index is 2.42. The van der Waals surface area contributed by atoms with Gasteiger partial charge in [0.15, 0.2) is 0 Å². The predicted octanol–water partition coefficient (Wildman–Crippen LogP) is 1.69. The van der Waals surface area contributed by atoms with E-state index in [-0.39, 0.29) is 18.0 Å². The zero-order valence-corrected chi connectivity index (χ0v) is 11.4. The van der Waals surface area contributed by atoms with E-state index >= 15 is 0 Å². The third kappa shape index (κ3) is 2.17. The molecule has 2 unspecified atom stereocenters. The maximum Gasteiger partial charge on any atom is 0.224 e. The third-order valence-corrected chi connectivity index (χ3v) is 3.87. The number of rotatable bonds is 2. The van der Waals surface area contributed by atoms with Crippen molar-refractivity contribution in [3.8, 4) is 5.75 Å². The molecule has 1 aromatic rings. The topological polar surface area (TPSA) is 55.6 Å². The van der Waals surface area contributed by atoms with Crippen molar-refractivity contribution >= 4 is 21.8 Å². The van der Waals surface area contributed by atoms with E-state index in [1.54, 1.807) is 19.1 Å². The van der Waals surface area contributed by atoms with E-state index in [1.807, 2.05) is 18.2 Å². The van der Waals surface area contributed by atoms with Crippen LogP contribution in [0.1, 0.15) is 18.0 Å². The fraction of sp³-hybridized carbons (Fsp3) is 0.417. The van der Waals surface area contributed by atoms with E-state index in [1.165, 1.54) is 0 Å². The van der Waals surface area contributed by atoms with Crippen molar-refractivity contribution in [3.63, 3.8) is 0 Å². The normalized spacial score (nSPS) is 24.2. The Hall–Kier alpha value is -1.07. The number of carbonyl (C=O) groups is 1. The van der Waals surface area contributed by atoms with E-state index in [2.05, 4.69) is 15.9 Å². The van der Waals surface area contributed by atoms with E-state index in [9.17, 15) is 4.79 Å². The van der Waals surface area contributed by atoms with Crippen LogP contribution in [-0.4, -0.2) is 31.0 Å². The first-order chi connectivity index (χ1) is 8.04. The molecule has 17 heavy (non-hydrogen) atoms. The van der Waals surface area contributed by atoms with Crippen molar-refractivity contribution in [1.82, 2.24) is 4.90 Å². The summed E-state index contributed by atoms with van der Waals surface area (Å²) in [7, 11) is 3.40. The molecule has 0 aromatic heterocycles. The summed E-state index contributed by atoms with van der Waals surface area (Å²) < 4.78 is 6.15. The van der Waals surface area contributed by atoms with Gasteiger partial charge < -0.3 is 15.4 Å². The number of likely N-dealkylation sites (tertiary alicyclic amines) is 1. The Labute approximate surface area is 109 Å². The molecule has 2 atom stereocenters. The lowest BCUT2D eigenvalue weighted by Gasteiger charge is -2.24. The maximum atomic E-state index is 11.6. The third-order valence-electron chi connectivity index (χ3n) is 3.15. The smallest absolute Gasteiger partial charge is 0.224 e. The zero-order chi connectivity index (χ0) is 12.6. The number of hydrogen-bond donors (Lipinski definition) is 1. The van der Waals surface area contributed by atoms with E-state index in [0.717, 1.165) is 15.8 Å². The number of nitrogens with zero attached hydrogens (tertiary/aromatic N) is 1. The molecular formula is C12H15BrN2O2. The van der Waals surface area contributed by atoms with Crippen molar-refractivity contribution in [2.24, 2.45) is 5.73 Å². The molecule has 0 aliphatic carbocycles. The fourth-order valence-electron chi connectivity index (χ4n) is 2.21. The summed E-state index contributed by atoms with van der Waals surface area (Å²) in [5.41, 5.74) is 7.02. The van der Waals surface area contributed by atoms with Gasteiger partial charge in [-0.05, 0) is 23.8 Å². The fourth-order valence-corrected chi connectivity index (χ4v) is 2.70. The first kappa shape index (κ1) is 12.4. The second-order valence-corrected chi connectivity index (χ2v) is 5.06. The molecule has 1 heterocycles. The van der Waals surface area contributed by atoms with Crippen LogP contribution in [0.2, 0.25) is 0 Å². The van der Waals surface area contributed by atoms with Gasteiger partial charge >= 0.3 is 0 Å². The van der Waals surface area contributed by atoms with Gasteiger partial charge in [0, 0.05) is 24.0 Å². The number of ether oxygens (including phenoxy) is 1. The highest BCUT2D eigenvalue weighted by Gasteiger charge is 2.37. The molecule has 0 saturated carbocycles. The minimum Gasteiger partial charge on any atom is -0.497 e. The first-order valence-corrected chi connectivity index (χ1v) is 6.18. The molecule has 2 rings (SSSR count). The number of likely N-dealkylation sites (N-methyl/N-ethyl adjacent to an activating group) is 1. The van der Waals surface area contributed by atoms with Crippen LogP contribution >= 0.6 is 15.9 Å². The molecule has 0 radical (unpaired) electrons. The summed E-state index contributed by atoms with van der Waals surface area (Å²) in [6.07, 6.45) is 0.394. The number of nitrogens with two attached hydrogens (primary N) is 1. The number of hydrogen-bond acceptors (Lipinski definition) is 3. The predicted molar refractivity (Wildman–Crippen MR) is 68.8 cm³/mol. The zero-order valence-electron chi connectivity index (χ0n) is 9.81. The van der Waals surface area contributed by atoms with Crippen LogP contribution in [0.25, 0.3) is 0 Å². The first-order valence-electron chi connectivity index (χ1n) is 5.39. The summed E-state index contributed by atoms with van der Waals surface area (Å²) in [4.78, 5) is 13.3. The van der Waals surface area contributed by atoms with Gasteiger partial charge in [-0.15, -0.1) is 0 Å². The van der Waals surface area contributed by atoms with Crippen LogP contribution < -0.4 is 10.5 Å². The van der Waals surface area contributed by atoms with Crippen molar-refractivity contribution in [2.45, 2.75) is 18.5 Å². The number of benzene rings is 1. The molecule has 0 bridgehead atoms. The van der Waals surface area contributed by atoms with Crippen LogP contribution in [0.5, 0.6) is 5.75 Å². The van der Waals surface area contributed by atoms with Gasteiger partial charge in [-0.25, -0.2) is 0 Å². The second-order valence-electron chi connectivity index (χ2n) is 4.20. The highest BCUT2D eigenvalue weighted by molar-refractivity contribution is 9.10. The van der Waals surface area contributed by atoms with Gasteiger partial charge in [0.1, 0.15) is 5.75 Å². The average molecular weight is 299 g/mol. The molecule has 1 saturated heterocycles. The lowest BCUT2D eigenvalue weighted by atomic mass is 10.0. The van der Waals surface area contributed by atoms with Crippen molar-refractivity contribution < 1.29 is 9.53 Å². The van der Waals surface area contributed by atoms with Gasteiger partial charge in [0.05, 0.1) is 13.2 Å². The van der Waals surface area contributed by atoms with Gasteiger partial charge in [-0.2, -0.15) is 0 Å². The van der Waals surface area contributed by atoms with Crippen LogP contribution in [0.15, 0.2) is 22.7 Å². The molecule has 1 aromatic carbocycles. The number of amides is 1. The van der Waals surface area contributed by atoms with Crippen molar-refractivity contribution in [3.05, 3.63) is 28.2 Å². The minimum absolute atomic E-state index is 0.0808. The molecule has 0 spiro atoms. The molecule has 1 amide bonds. The highest BCUT2D eigenvalue weighted by Crippen LogP contribution is 2.36. The van der Waals surface area contributed by atoms with E-state index in [4.69, 9.17) is 10.5 Å². The highest BCUT2D eigenvalue weighted by atomic mass is 79.9. The Morgan fingerprint density at radius 2 is 2.24 bits per heavy atom. The Kier molecular flexibility index (Phi) is 3.40. The Morgan fingerprint density at radius 1 is 1.53 bits per heavy atom. The quantitative estimate of drug-likeness (QED) is 0.904. The lowest BCUT2D eigenvalue weighted by molar-refractivity contribution is -0.127. The van der Waals surface area contributed by atoms with E-state index in [0.29, 0.717) is 6.42 Å². The molecular weight excluding hydrogens is 284 g/mol. The molecule has 92 valence electrons. The number of methoxy groups -OCH3 is 1. The maximum absolute atomic E-state index is 11.6. The van der Waals surface area contributed by atoms with E-state index < -0.39 is 0 Å². The second kappa shape index (κ2) is 4.66. The summed E-state index contributed by atoms with van der Waals surface area (Å²) >= 11 is 3.50. The minimum atomic E-state index is -0.170. The van der Waals surface area contributed by atoms with Crippen molar-refractivity contribution in [1.29, 1.82) is 0 Å². The molecule has 5 heteroatoms. The van der Waals surface area contributed by atoms with Crippen LogP contribution in [0, 0.1) is 0 Å². The Bertz CT molecular complexity index is 450. The van der Waals surface area contributed by atoms with Gasteiger partial charge in [-0.1, -0.05) is 15.9 Å². The molecule has 1 fully saturated rings. The average Bonchev–Trinajstić information content (AvgIpc) is 2.55. The van der Waals surface area contributed by atoms with Crippen LogP contribution in [0.4, 0.5) is 0 Å². The summed E-state index contributed by atoms with van der Waals surface area (Å²) in [5.74, 6) is 0.848. The van der Waals surface area contributed by atoms with Crippen molar-refractivity contribution in [2.75, 3.05) is 14.2 Å². The van der Waals surface area contributed by atoms with Crippen LogP contribution in [-0.2, 0) is 4.79 Å². The monoisotopic (exact) mass is 298 g/mol. The standard InChI is InChI=1S/C12H15BrN2O2/c1-15-11(16)6-10(14)12(15)8-5-7(17-2)3-4-9(8)13/h3-5,10,12H,6,14H2,1-2H3. The van der Waals surface area contributed by atoms with Gasteiger partial charge in [0.2, 0.25) is 5.91 Å². The summed E-state index contributed by atoms with van der Waals surface area (Å²) in [6, 6.07) is 5.44. The molecule has 2 N–H and O–H groups in total. The Morgan fingerprint density at radius 3 is 2.76 bits per heavy atom. The van der Waals surface area contributed by atoms with Gasteiger partial charge in [0.25, 0.3) is 0 Å². The number of carbonyl (C=O) groups excluding carboxylic acids is 1. The van der Waals surface area contributed by atoms with Gasteiger partial charge in [-0.3, -0.25) is 4.79 Å². The lowest BCUT2D eigenvalue weighted by Crippen LogP contribution is -2.30. The largest absolute Gasteiger partial charge is 0.497 e. The van der Waals surface area contributed by atoms with Crippen LogP contribution in [0.3, 0.4) is 0 Å². The summed E-state index contributed by atoms with van der Waals surface area (Å²) in [6.45, 7) is 0. The molecule has 1 aliphatic rings. The molecule has 4 nitrogen and oxygen atoms in total. The summed E-state index contributed by atoms with van der Waals surface area (Å²) in [5, 5.41) is 0. The number of halogens is 1. The molecule has 1 aliphatic heterocycles.